The molecule has 0 aliphatic carbocycles. The molecule has 164 valence electrons. The molecule has 27 heavy (non-hydrogen) atoms. The highest BCUT2D eigenvalue weighted by Gasteiger charge is 2.08. The van der Waals surface area contributed by atoms with Crippen molar-refractivity contribution in [3.63, 3.8) is 0 Å². The Balaban J connectivity index is 3.44. The standard InChI is InChI=1S/C27H56/c1-7-8-9-10-11-12-13-18-25(4)20-15-22-27(6)23-16-21-26(5)19-14-17-24(2)3/h24-27H,7-23H2,1-6H3. The monoisotopic (exact) mass is 380 g/mol. The van der Waals surface area contributed by atoms with Gasteiger partial charge in [0.25, 0.3) is 0 Å². The van der Waals surface area contributed by atoms with Crippen molar-refractivity contribution < 1.29 is 0 Å². The zero-order valence-electron chi connectivity index (χ0n) is 20.3. The van der Waals surface area contributed by atoms with E-state index in [1.54, 1.807) is 0 Å². The highest BCUT2D eigenvalue weighted by molar-refractivity contribution is 4.61. The van der Waals surface area contributed by atoms with Crippen molar-refractivity contribution in [2.75, 3.05) is 0 Å². The van der Waals surface area contributed by atoms with Gasteiger partial charge in [0.05, 0.1) is 0 Å². The molecule has 3 atom stereocenters. The summed E-state index contributed by atoms with van der Waals surface area (Å²) in [6.07, 6.45) is 24.7. The second kappa shape index (κ2) is 19.3. The average Bonchev–Trinajstić information content (AvgIpc) is 2.60. The first-order chi connectivity index (χ1) is 13.0. The van der Waals surface area contributed by atoms with E-state index >= 15 is 0 Å². The highest BCUT2D eigenvalue weighted by Crippen LogP contribution is 2.23. The molecule has 0 saturated heterocycles. The topological polar surface area (TPSA) is 0 Å². The van der Waals surface area contributed by atoms with Gasteiger partial charge in [-0.05, 0) is 23.7 Å². The van der Waals surface area contributed by atoms with Gasteiger partial charge in [0.2, 0.25) is 0 Å². The molecule has 0 radical (unpaired) electrons. The van der Waals surface area contributed by atoms with Gasteiger partial charge in [-0.3, -0.25) is 0 Å². The van der Waals surface area contributed by atoms with Crippen LogP contribution in [-0.2, 0) is 0 Å². The molecule has 0 saturated carbocycles. The van der Waals surface area contributed by atoms with E-state index in [9.17, 15) is 0 Å². The average molecular weight is 381 g/mol. The second-order valence-corrected chi connectivity index (χ2v) is 10.4. The first kappa shape index (κ1) is 27.0. The lowest BCUT2D eigenvalue weighted by atomic mass is 9.90. The number of hydrogen-bond donors (Lipinski definition) is 0. The summed E-state index contributed by atoms with van der Waals surface area (Å²) in [4.78, 5) is 0. The number of hydrogen-bond acceptors (Lipinski definition) is 0. The van der Waals surface area contributed by atoms with E-state index < -0.39 is 0 Å². The number of unbranched alkanes of at least 4 members (excludes halogenated alkanes) is 6. The van der Waals surface area contributed by atoms with E-state index in [0.717, 1.165) is 23.7 Å². The Bertz CT molecular complexity index is 280. The third-order valence-corrected chi connectivity index (χ3v) is 6.57. The van der Waals surface area contributed by atoms with Crippen LogP contribution in [0, 0.1) is 23.7 Å². The molecule has 0 rings (SSSR count). The van der Waals surface area contributed by atoms with Gasteiger partial charge in [0.1, 0.15) is 0 Å². The van der Waals surface area contributed by atoms with Gasteiger partial charge in [-0.25, -0.2) is 0 Å². The summed E-state index contributed by atoms with van der Waals surface area (Å²) < 4.78 is 0. The zero-order chi connectivity index (χ0) is 20.3. The van der Waals surface area contributed by atoms with E-state index in [1.807, 2.05) is 0 Å². The number of rotatable bonds is 20. The van der Waals surface area contributed by atoms with Crippen LogP contribution in [0.1, 0.15) is 151 Å². The Labute approximate surface area is 174 Å². The van der Waals surface area contributed by atoms with E-state index in [2.05, 4.69) is 41.5 Å². The quantitative estimate of drug-likeness (QED) is 0.184. The van der Waals surface area contributed by atoms with Gasteiger partial charge in [-0.1, -0.05) is 151 Å². The minimum absolute atomic E-state index is 0.880. The smallest absolute Gasteiger partial charge is 0.0443 e. The lowest BCUT2D eigenvalue weighted by molar-refractivity contribution is 0.371. The Morgan fingerprint density at radius 2 is 0.704 bits per heavy atom. The van der Waals surface area contributed by atoms with Gasteiger partial charge in [-0.2, -0.15) is 0 Å². The van der Waals surface area contributed by atoms with Crippen LogP contribution in [0.2, 0.25) is 0 Å². The summed E-state index contributed by atoms with van der Waals surface area (Å²) in [5.41, 5.74) is 0. The Morgan fingerprint density at radius 1 is 0.370 bits per heavy atom. The molecule has 0 aromatic carbocycles. The van der Waals surface area contributed by atoms with Crippen LogP contribution >= 0.6 is 0 Å². The minimum Gasteiger partial charge on any atom is -0.0654 e. The first-order valence-corrected chi connectivity index (χ1v) is 13.0. The third-order valence-electron chi connectivity index (χ3n) is 6.57. The largest absolute Gasteiger partial charge is 0.0654 e. The van der Waals surface area contributed by atoms with Gasteiger partial charge in [0, 0.05) is 0 Å². The van der Waals surface area contributed by atoms with Crippen molar-refractivity contribution in [1.82, 2.24) is 0 Å². The fourth-order valence-corrected chi connectivity index (χ4v) is 4.39. The van der Waals surface area contributed by atoms with Gasteiger partial charge >= 0.3 is 0 Å². The third kappa shape index (κ3) is 20.5. The minimum atomic E-state index is 0.880. The molecule has 0 heteroatoms. The fourth-order valence-electron chi connectivity index (χ4n) is 4.39. The summed E-state index contributed by atoms with van der Waals surface area (Å²) in [6.45, 7) is 14.4. The highest BCUT2D eigenvalue weighted by atomic mass is 14.1. The summed E-state index contributed by atoms with van der Waals surface area (Å²) in [5, 5.41) is 0. The molecule has 0 aliphatic rings. The van der Waals surface area contributed by atoms with Crippen LogP contribution in [-0.4, -0.2) is 0 Å². The predicted molar refractivity (Wildman–Crippen MR) is 126 cm³/mol. The zero-order valence-corrected chi connectivity index (χ0v) is 20.3. The second-order valence-electron chi connectivity index (χ2n) is 10.4. The molecule has 0 N–H and O–H groups in total. The SMILES string of the molecule is CCCCCCCCCC(C)CCCC(C)CCCC(C)CCCC(C)C. The molecule has 0 amide bonds. The lowest BCUT2D eigenvalue weighted by Gasteiger charge is -2.16. The summed E-state index contributed by atoms with van der Waals surface area (Å²) in [6, 6.07) is 0. The molecule has 0 nitrogen and oxygen atoms in total. The van der Waals surface area contributed by atoms with Crippen molar-refractivity contribution >= 4 is 0 Å². The van der Waals surface area contributed by atoms with Crippen LogP contribution in [0.5, 0.6) is 0 Å². The molecule has 0 bridgehead atoms. The van der Waals surface area contributed by atoms with Gasteiger partial charge < -0.3 is 0 Å². The van der Waals surface area contributed by atoms with Crippen molar-refractivity contribution in [1.29, 1.82) is 0 Å². The Kier molecular flexibility index (Phi) is 19.3. The molecule has 0 heterocycles. The maximum absolute atomic E-state index is 2.49. The summed E-state index contributed by atoms with van der Waals surface area (Å²) in [7, 11) is 0. The van der Waals surface area contributed by atoms with Crippen molar-refractivity contribution in [3.05, 3.63) is 0 Å². The molecule has 0 aromatic heterocycles. The molecule has 3 unspecified atom stereocenters. The Hall–Kier alpha value is 0. The molecular formula is C27H56. The van der Waals surface area contributed by atoms with Crippen molar-refractivity contribution in [3.8, 4) is 0 Å². The van der Waals surface area contributed by atoms with Gasteiger partial charge in [-0.15, -0.1) is 0 Å². The van der Waals surface area contributed by atoms with E-state index in [1.165, 1.54) is 109 Å². The van der Waals surface area contributed by atoms with Crippen LogP contribution in [0.25, 0.3) is 0 Å². The van der Waals surface area contributed by atoms with Crippen LogP contribution in [0.3, 0.4) is 0 Å². The van der Waals surface area contributed by atoms with Crippen molar-refractivity contribution in [2.45, 2.75) is 151 Å². The van der Waals surface area contributed by atoms with Crippen LogP contribution in [0.4, 0.5) is 0 Å². The fraction of sp³-hybridized carbons (Fsp3) is 1.00. The molecule has 0 aliphatic heterocycles. The molecule has 0 aromatic rings. The van der Waals surface area contributed by atoms with Crippen LogP contribution in [0.15, 0.2) is 0 Å². The molecule has 0 fully saturated rings. The van der Waals surface area contributed by atoms with E-state index in [4.69, 9.17) is 0 Å². The van der Waals surface area contributed by atoms with Crippen molar-refractivity contribution in [2.24, 2.45) is 23.7 Å². The van der Waals surface area contributed by atoms with E-state index in [0.29, 0.717) is 0 Å². The van der Waals surface area contributed by atoms with Gasteiger partial charge in [0.15, 0.2) is 0 Å². The molecule has 0 spiro atoms. The van der Waals surface area contributed by atoms with E-state index in [-0.39, 0.29) is 0 Å². The predicted octanol–water partition coefficient (Wildman–Crippen LogP) is 10.2. The molecular weight excluding hydrogens is 324 g/mol. The van der Waals surface area contributed by atoms with Crippen LogP contribution < -0.4 is 0 Å². The first-order valence-electron chi connectivity index (χ1n) is 13.0. The summed E-state index contributed by atoms with van der Waals surface area (Å²) >= 11 is 0. The maximum atomic E-state index is 2.49. The summed E-state index contributed by atoms with van der Waals surface area (Å²) in [5.74, 6) is 3.72. The Morgan fingerprint density at radius 3 is 1.11 bits per heavy atom. The maximum Gasteiger partial charge on any atom is -0.0443 e. The lowest BCUT2D eigenvalue weighted by Crippen LogP contribution is -2.01. The normalized spacial score (nSPS) is 15.2.